The van der Waals surface area contributed by atoms with Crippen LogP contribution in [-0.4, -0.2) is 45.7 Å². The Morgan fingerprint density at radius 1 is 1.38 bits per heavy atom. The summed E-state index contributed by atoms with van der Waals surface area (Å²) in [6.45, 7) is 5.18. The largest absolute Gasteiger partial charge is 0.489 e. The summed E-state index contributed by atoms with van der Waals surface area (Å²) in [5.74, 6) is -0.768. The molecule has 114 valence electrons. The molecule has 0 saturated carbocycles. The lowest BCUT2D eigenvalue weighted by Crippen LogP contribution is -2.11. The van der Waals surface area contributed by atoms with Crippen LogP contribution in [0.3, 0.4) is 0 Å². The maximum atomic E-state index is 11.3. The van der Waals surface area contributed by atoms with Crippen LogP contribution in [0.2, 0.25) is 0 Å². The fourth-order valence-corrected chi connectivity index (χ4v) is 2.13. The Labute approximate surface area is 122 Å². The van der Waals surface area contributed by atoms with Gasteiger partial charge in [0.15, 0.2) is 5.65 Å². The minimum Gasteiger partial charge on any atom is -0.489 e. The zero-order valence-electron chi connectivity index (χ0n) is 12.4. The number of rotatable bonds is 7. The normalized spacial score (nSPS) is 11.0. The number of hydrogen-bond acceptors (Lipinski definition) is 5. The van der Waals surface area contributed by atoms with Gasteiger partial charge in [-0.15, -0.1) is 0 Å². The van der Waals surface area contributed by atoms with Crippen molar-refractivity contribution in [2.45, 2.75) is 20.3 Å². The van der Waals surface area contributed by atoms with Gasteiger partial charge in [0.1, 0.15) is 17.9 Å². The molecule has 2 aromatic heterocycles. The molecule has 0 aliphatic carbocycles. The van der Waals surface area contributed by atoms with E-state index in [4.69, 9.17) is 9.47 Å². The third kappa shape index (κ3) is 3.13. The summed E-state index contributed by atoms with van der Waals surface area (Å²) >= 11 is 0. The van der Waals surface area contributed by atoms with E-state index < -0.39 is 5.97 Å². The summed E-state index contributed by atoms with van der Waals surface area (Å²) in [6, 6.07) is 0. The van der Waals surface area contributed by atoms with Crippen molar-refractivity contribution in [1.82, 2.24) is 14.8 Å². The van der Waals surface area contributed by atoms with Crippen LogP contribution in [0.15, 0.2) is 6.20 Å². The summed E-state index contributed by atoms with van der Waals surface area (Å²) in [4.78, 5) is 15.5. The second kappa shape index (κ2) is 6.53. The first-order valence-corrected chi connectivity index (χ1v) is 6.82. The van der Waals surface area contributed by atoms with Gasteiger partial charge in [-0.1, -0.05) is 6.92 Å². The quantitative estimate of drug-likeness (QED) is 0.783. The molecule has 0 saturated heterocycles. The first-order valence-electron chi connectivity index (χ1n) is 6.82. The van der Waals surface area contributed by atoms with E-state index in [1.165, 1.54) is 6.20 Å². The topological polar surface area (TPSA) is 86.5 Å². The van der Waals surface area contributed by atoms with Crippen LogP contribution in [0.25, 0.3) is 11.0 Å². The van der Waals surface area contributed by atoms with Crippen molar-refractivity contribution in [3.05, 3.63) is 17.5 Å². The smallest absolute Gasteiger partial charge is 0.341 e. The fraction of sp³-hybridized carbons (Fsp3) is 0.500. The summed E-state index contributed by atoms with van der Waals surface area (Å²) in [5.41, 5.74) is 1.32. The number of pyridine rings is 1. The standard InChI is InChI=1S/C14H19N3O4/c1-4-5-20-6-7-21-12-10(14(18)19)8-15-13-11(12)9(2)16-17(13)3/h8H,4-7H2,1-3H3,(H,18,19). The van der Waals surface area contributed by atoms with E-state index in [9.17, 15) is 9.90 Å². The number of carboxylic acid groups (broad SMARTS) is 1. The minimum absolute atomic E-state index is 0.0362. The van der Waals surface area contributed by atoms with Gasteiger partial charge < -0.3 is 14.6 Å². The molecular weight excluding hydrogens is 274 g/mol. The van der Waals surface area contributed by atoms with Crippen LogP contribution < -0.4 is 4.74 Å². The first-order chi connectivity index (χ1) is 10.1. The lowest BCUT2D eigenvalue weighted by Gasteiger charge is -2.10. The Morgan fingerprint density at radius 2 is 2.14 bits per heavy atom. The van der Waals surface area contributed by atoms with E-state index in [-0.39, 0.29) is 12.2 Å². The predicted molar refractivity (Wildman–Crippen MR) is 76.8 cm³/mol. The van der Waals surface area contributed by atoms with Crippen molar-refractivity contribution >= 4 is 17.0 Å². The number of ether oxygens (including phenoxy) is 2. The van der Waals surface area contributed by atoms with E-state index in [2.05, 4.69) is 10.1 Å². The van der Waals surface area contributed by atoms with Crippen molar-refractivity contribution in [2.24, 2.45) is 7.05 Å². The van der Waals surface area contributed by atoms with Gasteiger partial charge in [0.2, 0.25) is 0 Å². The highest BCUT2D eigenvalue weighted by Gasteiger charge is 2.20. The highest BCUT2D eigenvalue weighted by Crippen LogP contribution is 2.30. The highest BCUT2D eigenvalue weighted by molar-refractivity contribution is 5.98. The Morgan fingerprint density at radius 3 is 2.81 bits per heavy atom. The van der Waals surface area contributed by atoms with Gasteiger partial charge in [0.25, 0.3) is 0 Å². The maximum absolute atomic E-state index is 11.3. The highest BCUT2D eigenvalue weighted by atomic mass is 16.5. The van der Waals surface area contributed by atoms with Crippen LogP contribution in [0.1, 0.15) is 29.4 Å². The lowest BCUT2D eigenvalue weighted by molar-refractivity contribution is 0.0685. The van der Waals surface area contributed by atoms with Crippen molar-refractivity contribution < 1.29 is 19.4 Å². The molecule has 0 fully saturated rings. The summed E-state index contributed by atoms with van der Waals surface area (Å²) in [7, 11) is 1.76. The molecule has 2 aromatic rings. The molecule has 0 amide bonds. The Kier molecular flexibility index (Phi) is 4.74. The minimum atomic E-state index is -1.07. The third-order valence-corrected chi connectivity index (χ3v) is 3.03. The van der Waals surface area contributed by atoms with Crippen LogP contribution >= 0.6 is 0 Å². The number of nitrogens with zero attached hydrogens (tertiary/aromatic N) is 3. The fourth-order valence-electron chi connectivity index (χ4n) is 2.13. The van der Waals surface area contributed by atoms with Crippen molar-refractivity contribution in [1.29, 1.82) is 0 Å². The second-order valence-corrected chi connectivity index (χ2v) is 4.67. The average molecular weight is 293 g/mol. The summed E-state index contributed by atoms with van der Waals surface area (Å²) in [5, 5.41) is 14.2. The van der Waals surface area contributed by atoms with Gasteiger partial charge >= 0.3 is 5.97 Å². The molecule has 1 N–H and O–H groups in total. The number of fused-ring (bicyclic) bond motifs is 1. The van der Waals surface area contributed by atoms with Crippen LogP contribution in [0.5, 0.6) is 5.75 Å². The van der Waals surface area contributed by atoms with Crippen molar-refractivity contribution in [2.75, 3.05) is 19.8 Å². The van der Waals surface area contributed by atoms with E-state index >= 15 is 0 Å². The number of carboxylic acids is 1. The zero-order valence-corrected chi connectivity index (χ0v) is 12.4. The van der Waals surface area contributed by atoms with Crippen molar-refractivity contribution in [3.63, 3.8) is 0 Å². The zero-order chi connectivity index (χ0) is 15.4. The maximum Gasteiger partial charge on any atom is 0.341 e. The molecule has 21 heavy (non-hydrogen) atoms. The molecule has 0 aromatic carbocycles. The Bertz CT molecular complexity index is 651. The van der Waals surface area contributed by atoms with Gasteiger partial charge in [0.05, 0.1) is 17.7 Å². The molecule has 0 aliphatic rings. The van der Waals surface area contributed by atoms with Gasteiger partial charge in [-0.25, -0.2) is 9.78 Å². The van der Waals surface area contributed by atoms with Crippen LogP contribution in [-0.2, 0) is 11.8 Å². The molecular formula is C14H19N3O4. The number of aryl methyl sites for hydroxylation is 2. The Hall–Kier alpha value is -2.15. The number of carbonyl (C=O) groups is 1. The molecule has 0 unspecified atom stereocenters. The second-order valence-electron chi connectivity index (χ2n) is 4.67. The SMILES string of the molecule is CCCOCCOc1c(C(=O)O)cnc2c1c(C)nn2C. The van der Waals surface area contributed by atoms with E-state index in [0.29, 0.717) is 35.7 Å². The van der Waals surface area contributed by atoms with Gasteiger partial charge in [-0.2, -0.15) is 5.10 Å². The van der Waals surface area contributed by atoms with E-state index in [0.717, 1.165) is 6.42 Å². The van der Waals surface area contributed by atoms with E-state index in [1.54, 1.807) is 18.7 Å². The van der Waals surface area contributed by atoms with Crippen LogP contribution in [0.4, 0.5) is 0 Å². The molecule has 2 heterocycles. The molecule has 0 radical (unpaired) electrons. The lowest BCUT2D eigenvalue weighted by atomic mass is 10.2. The van der Waals surface area contributed by atoms with Crippen LogP contribution in [0, 0.1) is 6.92 Å². The monoisotopic (exact) mass is 293 g/mol. The number of hydrogen-bond donors (Lipinski definition) is 1. The molecule has 0 bridgehead atoms. The molecule has 0 spiro atoms. The molecule has 7 heteroatoms. The third-order valence-electron chi connectivity index (χ3n) is 3.03. The van der Waals surface area contributed by atoms with Gasteiger partial charge in [0, 0.05) is 19.9 Å². The van der Waals surface area contributed by atoms with E-state index in [1.807, 2.05) is 6.92 Å². The number of aromatic nitrogens is 3. The van der Waals surface area contributed by atoms with Gasteiger partial charge in [-0.3, -0.25) is 4.68 Å². The first kappa shape index (κ1) is 15.2. The van der Waals surface area contributed by atoms with Gasteiger partial charge in [-0.05, 0) is 13.3 Å². The molecule has 0 aliphatic heterocycles. The summed E-state index contributed by atoms with van der Waals surface area (Å²) in [6.07, 6.45) is 2.23. The molecule has 0 atom stereocenters. The number of aromatic carboxylic acids is 1. The summed E-state index contributed by atoms with van der Waals surface area (Å²) < 4.78 is 12.6. The van der Waals surface area contributed by atoms with Crippen molar-refractivity contribution in [3.8, 4) is 5.75 Å². The average Bonchev–Trinajstić information content (AvgIpc) is 2.73. The molecule has 7 nitrogen and oxygen atoms in total. The Balaban J connectivity index is 2.33. The predicted octanol–water partition coefficient (Wildman–Crippen LogP) is 1.78. The molecule has 2 rings (SSSR count).